The van der Waals surface area contributed by atoms with Crippen LogP contribution in [0.5, 0.6) is 0 Å². The van der Waals surface area contributed by atoms with E-state index in [0.29, 0.717) is 0 Å². The van der Waals surface area contributed by atoms with Crippen molar-refractivity contribution in [1.29, 1.82) is 0 Å². The van der Waals surface area contributed by atoms with Gasteiger partial charge in [0, 0.05) is 10.9 Å². The van der Waals surface area contributed by atoms with E-state index in [-0.39, 0.29) is 11.5 Å². The molecule has 0 spiro atoms. The number of amides is 2. The van der Waals surface area contributed by atoms with E-state index < -0.39 is 44.3 Å². The molecule has 1 atom stereocenters. The average Bonchev–Trinajstić information content (AvgIpc) is 2.82. The minimum atomic E-state index is -4.75. The van der Waals surface area contributed by atoms with Crippen molar-refractivity contribution in [1.82, 2.24) is 10.0 Å². The van der Waals surface area contributed by atoms with Crippen LogP contribution in [0.15, 0.2) is 29.4 Å². The van der Waals surface area contributed by atoms with Crippen molar-refractivity contribution in [2.24, 2.45) is 0 Å². The zero-order valence-electron chi connectivity index (χ0n) is 13.8. The molecule has 2 heterocycles. The van der Waals surface area contributed by atoms with Crippen LogP contribution in [0.1, 0.15) is 26.7 Å². The molecule has 0 bridgehead atoms. The molecular weight excluding hydrogens is 404 g/mol. The summed E-state index contributed by atoms with van der Waals surface area (Å²) in [4.78, 5) is 44.5. The minimum Gasteiger partial charge on any atom is -0.330 e. The van der Waals surface area contributed by atoms with E-state index in [2.05, 4.69) is 4.98 Å². The smallest absolute Gasteiger partial charge is 0.330 e. The monoisotopic (exact) mass is 420 g/mol. The number of pyridine rings is 1. The molecule has 12 heteroatoms. The van der Waals surface area contributed by atoms with Gasteiger partial charge in [0.05, 0.1) is 12.8 Å². The third kappa shape index (κ3) is 5.43. The van der Waals surface area contributed by atoms with Gasteiger partial charge in [-0.1, -0.05) is 16.9 Å². The van der Waals surface area contributed by atoms with Crippen LogP contribution in [0, 0.1) is 0 Å². The minimum absolute atomic E-state index is 0.105. The molecule has 1 aromatic rings. The molecule has 1 aromatic heterocycles. The van der Waals surface area contributed by atoms with Gasteiger partial charge in [-0.15, -0.1) is 5.06 Å². The molecule has 0 aliphatic carbocycles. The molecule has 1 aliphatic rings. The zero-order chi connectivity index (χ0) is 19.5. The molecule has 142 valence electrons. The predicted octanol–water partition coefficient (Wildman–Crippen LogP) is 1.46. The van der Waals surface area contributed by atoms with Crippen molar-refractivity contribution in [3.05, 3.63) is 24.4 Å². The Morgan fingerprint density at radius 1 is 1.42 bits per heavy atom. The Hall–Kier alpha value is -1.63. The Bertz CT molecular complexity index is 811. The van der Waals surface area contributed by atoms with E-state index in [9.17, 15) is 22.8 Å². The van der Waals surface area contributed by atoms with Gasteiger partial charge < -0.3 is 4.84 Å². The van der Waals surface area contributed by atoms with Crippen LogP contribution in [-0.4, -0.2) is 50.8 Å². The number of carbonyl (C=O) groups is 3. The van der Waals surface area contributed by atoms with Gasteiger partial charge in [0.1, 0.15) is 5.03 Å². The molecule has 2 amide bonds. The van der Waals surface area contributed by atoms with Gasteiger partial charge in [-0.2, -0.15) is 8.42 Å². The normalized spacial score (nSPS) is 18.3. The van der Waals surface area contributed by atoms with Crippen molar-refractivity contribution >= 4 is 49.5 Å². The van der Waals surface area contributed by atoms with Crippen LogP contribution >= 0.6 is 21.6 Å². The number of imide groups is 1. The van der Waals surface area contributed by atoms with Gasteiger partial charge in [-0.3, -0.25) is 14.1 Å². The lowest BCUT2D eigenvalue weighted by Crippen LogP contribution is -2.37. The molecule has 9 nitrogen and oxygen atoms in total. The Morgan fingerprint density at radius 2 is 2.12 bits per heavy atom. The fraction of sp³-hybridized carbons (Fsp3) is 0.429. The molecule has 0 radical (unpaired) electrons. The van der Waals surface area contributed by atoms with E-state index in [1.165, 1.54) is 21.6 Å². The number of hydrogen-bond acceptors (Lipinski definition) is 9. The van der Waals surface area contributed by atoms with E-state index in [0.717, 1.165) is 5.03 Å². The van der Waals surface area contributed by atoms with Gasteiger partial charge >= 0.3 is 5.97 Å². The second-order valence-electron chi connectivity index (χ2n) is 5.97. The summed E-state index contributed by atoms with van der Waals surface area (Å²) in [6.45, 7) is 3.53. The van der Waals surface area contributed by atoms with Gasteiger partial charge in [0.15, 0.2) is 5.25 Å². The second kappa shape index (κ2) is 7.94. The molecule has 1 N–H and O–H groups in total. The van der Waals surface area contributed by atoms with E-state index in [1.54, 1.807) is 26.1 Å². The van der Waals surface area contributed by atoms with Crippen LogP contribution < -0.4 is 0 Å². The third-order valence-electron chi connectivity index (χ3n) is 3.18. The van der Waals surface area contributed by atoms with Crippen LogP contribution in [0.4, 0.5) is 0 Å². The first-order valence-electron chi connectivity index (χ1n) is 7.30. The van der Waals surface area contributed by atoms with Crippen molar-refractivity contribution in [2.75, 3.05) is 0 Å². The number of aromatic nitrogens is 1. The molecule has 1 saturated heterocycles. The maximum absolute atomic E-state index is 12.1. The first-order chi connectivity index (χ1) is 12.0. The molecule has 1 unspecified atom stereocenters. The zero-order valence-corrected chi connectivity index (χ0v) is 16.3. The largest absolute Gasteiger partial charge is 0.334 e. The number of rotatable bonds is 7. The summed E-state index contributed by atoms with van der Waals surface area (Å²) in [5.74, 6) is -3.15. The highest BCUT2D eigenvalue weighted by atomic mass is 33.1. The number of carbonyl (C=O) groups excluding carboxylic acids is 3. The standard InChI is InChI=1S/C14H16N2O7S3/c1-14(2,25-24-10-5-3-4-6-15-10)8-12(18)23-16-11(17)7-9(13(16)19)26(20,21)22/h3-6,9H,7-8H2,1-2H3,(H,20,21,22). The number of nitrogens with zero attached hydrogens (tertiary/aromatic N) is 2. The van der Waals surface area contributed by atoms with Crippen molar-refractivity contribution in [3.63, 3.8) is 0 Å². The van der Waals surface area contributed by atoms with E-state index >= 15 is 0 Å². The topological polar surface area (TPSA) is 131 Å². The summed E-state index contributed by atoms with van der Waals surface area (Å²) in [6, 6.07) is 5.41. The average molecular weight is 420 g/mol. The first-order valence-corrected chi connectivity index (χ1v) is 11.0. The van der Waals surface area contributed by atoms with Crippen molar-refractivity contribution in [3.8, 4) is 0 Å². The lowest BCUT2D eigenvalue weighted by atomic mass is 10.1. The molecule has 2 rings (SSSR count). The predicted molar refractivity (Wildman–Crippen MR) is 94.3 cm³/mol. The highest BCUT2D eigenvalue weighted by molar-refractivity contribution is 8.77. The maximum Gasteiger partial charge on any atom is 0.334 e. The number of hydroxylamine groups is 2. The summed E-state index contributed by atoms with van der Waals surface area (Å²) in [7, 11) is -2.04. The first kappa shape index (κ1) is 20.7. The van der Waals surface area contributed by atoms with Gasteiger partial charge in [0.2, 0.25) is 0 Å². The summed E-state index contributed by atoms with van der Waals surface area (Å²) in [5.41, 5.74) is 0. The van der Waals surface area contributed by atoms with E-state index in [4.69, 9.17) is 9.39 Å². The Labute approximate surface area is 158 Å². The Kier molecular flexibility index (Phi) is 6.32. The maximum atomic E-state index is 12.1. The highest BCUT2D eigenvalue weighted by Gasteiger charge is 2.48. The fourth-order valence-electron chi connectivity index (χ4n) is 1.97. The molecular formula is C14H16N2O7S3. The highest BCUT2D eigenvalue weighted by Crippen LogP contribution is 2.41. The fourth-order valence-corrected chi connectivity index (χ4v) is 4.81. The van der Waals surface area contributed by atoms with Gasteiger partial charge in [-0.05, 0) is 36.8 Å². The van der Waals surface area contributed by atoms with Crippen LogP contribution in [0.25, 0.3) is 0 Å². The molecule has 0 saturated carbocycles. The second-order valence-corrected chi connectivity index (χ2v) is 10.4. The van der Waals surface area contributed by atoms with E-state index in [1.807, 2.05) is 12.1 Å². The molecule has 1 aliphatic heterocycles. The molecule has 26 heavy (non-hydrogen) atoms. The van der Waals surface area contributed by atoms with Gasteiger partial charge in [-0.25, -0.2) is 9.78 Å². The Morgan fingerprint density at radius 3 is 2.65 bits per heavy atom. The summed E-state index contributed by atoms with van der Waals surface area (Å²) >= 11 is 0. The lowest BCUT2D eigenvalue weighted by molar-refractivity contribution is -0.197. The lowest BCUT2D eigenvalue weighted by Gasteiger charge is -2.22. The summed E-state index contributed by atoms with van der Waals surface area (Å²) in [6.07, 6.45) is 0.726. The van der Waals surface area contributed by atoms with Crippen LogP contribution in [-0.2, 0) is 29.3 Å². The third-order valence-corrected chi connectivity index (χ3v) is 7.47. The molecule has 1 fully saturated rings. The van der Waals surface area contributed by atoms with Crippen LogP contribution in [0.3, 0.4) is 0 Å². The quantitative estimate of drug-likeness (QED) is 0.393. The Balaban J connectivity index is 1.93. The summed E-state index contributed by atoms with van der Waals surface area (Å²) < 4.78 is 30.5. The van der Waals surface area contributed by atoms with Crippen LogP contribution in [0.2, 0.25) is 0 Å². The summed E-state index contributed by atoms with van der Waals surface area (Å²) in [5, 5.41) is -1.09. The molecule has 0 aromatic carbocycles. The SMILES string of the molecule is CC(C)(CC(=O)ON1C(=O)CC(S(=O)(=O)O)C1=O)SSc1ccccn1. The van der Waals surface area contributed by atoms with Crippen molar-refractivity contribution < 1.29 is 32.2 Å². The van der Waals surface area contributed by atoms with Crippen molar-refractivity contribution in [2.45, 2.75) is 41.7 Å². The van der Waals surface area contributed by atoms with Gasteiger partial charge in [0.25, 0.3) is 21.9 Å². The number of hydrogen-bond donors (Lipinski definition) is 1.